The Morgan fingerprint density at radius 2 is 2.12 bits per heavy atom. The van der Waals surface area contributed by atoms with E-state index in [1.165, 1.54) is 0 Å². The first-order valence-electron chi connectivity index (χ1n) is 5.40. The quantitative estimate of drug-likeness (QED) is 0.701. The topological polar surface area (TPSA) is 23.6 Å². The van der Waals surface area contributed by atoms with Crippen LogP contribution in [0.1, 0.15) is 10.4 Å². The minimum Gasteiger partial charge on any atom is -0.335 e. The van der Waals surface area contributed by atoms with Gasteiger partial charge < -0.3 is 9.80 Å². The average molecular weight is 409 g/mol. The molecular weight excluding hydrogens is 395 g/mol. The third-order valence-corrected chi connectivity index (χ3v) is 5.38. The van der Waals surface area contributed by atoms with Crippen molar-refractivity contribution in [2.75, 3.05) is 27.2 Å². The predicted molar refractivity (Wildman–Crippen MR) is 80.2 cm³/mol. The molecule has 0 atom stereocenters. The summed E-state index contributed by atoms with van der Waals surface area (Å²) in [5.74, 6) is 0.125. The number of nitrogens with zero attached hydrogens (tertiary/aromatic N) is 2. The Morgan fingerprint density at radius 3 is 2.65 bits per heavy atom. The van der Waals surface area contributed by atoms with Gasteiger partial charge in [0.2, 0.25) is 0 Å². The Bertz CT molecular complexity index is 444. The molecule has 0 radical (unpaired) electrons. The first-order valence-corrected chi connectivity index (χ1v) is 7.27. The molecule has 0 unspecified atom stereocenters. The first-order chi connectivity index (χ1) is 7.99. The molecule has 1 aromatic carbocycles. The van der Waals surface area contributed by atoms with E-state index in [9.17, 15) is 4.79 Å². The number of hydrogen-bond donors (Lipinski definition) is 0. The number of benzene rings is 1. The summed E-state index contributed by atoms with van der Waals surface area (Å²) in [7, 11) is 4.10. The minimum atomic E-state index is 0.125. The second kappa shape index (κ2) is 5.24. The number of halogens is 2. The Hall–Kier alpha value is -0.140. The highest BCUT2D eigenvalue weighted by Gasteiger charge is 2.32. The number of hydrogen-bond acceptors (Lipinski definition) is 2. The highest BCUT2D eigenvalue weighted by Crippen LogP contribution is 2.23. The van der Waals surface area contributed by atoms with E-state index in [4.69, 9.17) is 0 Å². The fourth-order valence-electron chi connectivity index (χ4n) is 1.76. The largest absolute Gasteiger partial charge is 0.335 e. The van der Waals surface area contributed by atoms with Crippen LogP contribution in [0.15, 0.2) is 22.7 Å². The smallest absolute Gasteiger partial charge is 0.254 e. The molecule has 0 N–H and O–H groups in total. The standard InChI is InChI=1S/C12H14BrIN2O/c1-15(2)9-6-16(7-9)12(17)8-3-4-11(14)10(13)5-8/h3-5,9H,6-7H2,1-2H3. The van der Waals surface area contributed by atoms with Gasteiger partial charge in [0.15, 0.2) is 0 Å². The number of likely N-dealkylation sites (tertiary alicyclic amines) is 1. The van der Waals surface area contributed by atoms with Crippen LogP contribution in [0.25, 0.3) is 0 Å². The molecule has 0 spiro atoms. The van der Waals surface area contributed by atoms with Crippen LogP contribution in [0.2, 0.25) is 0 Å². The van der Waals surface area contributed by atoms with Crippen LogP contribution in [-0.4, -0.2) is 48.9 Å². The first kappa shape index (κ1) is 13.3. The van der Waals surface area contributed by atoms with Crippen LogP contribution in [0.3, 0.4) is 0 Å². The van der Waals surface area contributed by atoms with E-state index in [1.54, 1.807) is 0 Å². The van der Waals surface area contributed by atoms with Gasteiger partial charge in [-0.15, -0.1) is 0 Å². The summed E-state index contributed by atoms with van der Waals surface area (Å²) in [6.45, 7) is 1.66. The normalized spacial score (nSPS) is 16.2. The van der Waals surface area contributed by atoms with Crippen molar-refractivity contribution in [2.45, 2.75) is 6.04 Å². The summed E-state index contributed by atoms with van der Waals surface area (Å²) >= 11 is 5.69. The van der Waals surface area contributed by atoms with Crippen molar-refractivity contribution in [1.29, 1.82) is 0 Å². The number of carbonyl (C=O) groups is 1. The number of amides is 1. The summed E-state index contributed by atoms with van der Waals surface area (Å²) in [6.07, 6.45) is 0. The summed E-state index contributed by atoms with van der Waals surface area (Å²) in [5.41, 5.74) is 0.759. The molecule has 1 aromatic rings. The van der Waals surface area contributed by atoms with Gasteiger partial charge >= 0.3 is 0 Å². The predicted octanol–water partition coefficient (Wildman–Crippen LogP) is 2.44. The van der Waals surface area contributed by atoms with Crippen molar-refractivity contribution in [2.24, 2.45) is 0 Å². The fourth-order valence-corrected chi connectivity index (χ4v) is 2.47. The maximum Gasteiger partial charge on any atom is 0.254 e. The molecular formula is C12H14BrIN2O. The van der Waals surface area contributed by atoms with Gasteiger partial charge in [-0.05, 0) is 70.8 Å². The molecule has 0 aromatic heterocycles. The van der Waals surface area contributed by atoms with Gasteiger partial charge in [0.1, 0.15) is 0 Å². The van der Waals surface area contributed by atoms with Gasteiger partial charge in [-0.1, -0.05) is 0 Å². The molecule has 0 saturated carbocycles. The number of carbonyl (C=O) groups excluding carboxylic acids is 1. The van der Waals surface area contributed by atoms with Gasteiger partial charge in [0.25, 0.3) is 5.91 Å². The SMILES string of the molecule is CN(C)C1CN(C(=O)c2ccc(I)c(Br)c2)C1. The lowest BCUT2D eigenvalue weighted by Crippen LogP contribution is -2.59. The van der Waals surface area contributed by atoms with Gasteiger partial charge in [-0.3, -0.25) is 4.79 Å². The van der Waals surface area contributed by atoms with E-state index >= 15 is 0 Å². The van der Waals surface area contributed by atoms with Crippen molar-refractivity contribution in [1.82, 2.24) is 9.80 Å². The lowest BCUT2D eigenvalue weighted by molar-refractivity contribution is 0.0399. The van der Waals surface area contributed by atoms with Gasteiger partial charge in [-0.2, -0.15) is 0 Å². The molecule has 1 heterocycles. The van der Waals surface area contributed by atoms with Gasteiger partial charge in [0, 0.05) is 32.7 Å². The van der Waals surface area contributed by atoms with Gasteiger partial charge in [-0.25, -0.2) is 0 Å². The molecule has 1 aliphatic rings. The monoisotopic (exact) mass is 408 g/mol. The van der Waals surface area contributed by atoms with Crippen molar-refractivity contribution in [3.63, 3.8) is 0 Å². The minimum absolute atomic E-state index is 0.125. The van der Waals surface area contributed by atoms with Crippen LogP contribution in [0.4, 0.5) is 0 Å². The summed E-state index contributed by atoms with van der Waals surface area (Å²) in [6, 6.07) is 6.25. The summed E-state index contributed by atoms with van der Waals surface area (Å²) < 4.78 is 2.10. The van der Waals surface area contributed by atoms with Crippen molar-refractivity contribution < 1.29 is 4.79 Å². The molecule has 0 bridgehead atoms. The molecule has 0 aliphatic carbocycles. The molecule has 1 saturated heterocycles. The van der Waals surface area contributed by atoms with E-state index in [0.717, 1.165) is 26.7 Å². The maximum absolute atomic E-state index is 12.1. The van der Waals surface area contributed by atoms with Crippen LogP contribution < -0.4 is 0 Å². The lowest BCUT2D eigenvalue weighted by atomic mass is 10.1. The number of rotatable bonds is 2. The summed E-state index contributed by atoms with van der Waals surface area (Å²) in [5, 5.41) is 0. The zero-order chi connectivity index (χ0) is 12.6. The molecule has 92 valence electrons. The van der Waals surface area contributed by atoms with E-state index in [1.807, 2.05) is 37.2 Å². The van der Waals surface area contributed by atoms with Crippen LogP contribution in [0.5, 0.6) is 0 Å². The molecule has 1 fully saturated rings. The van der Waals surface area contributed by atoms with Gasteiger partial charge in [0.05, 0.1) is 0 Å². The maximum atomic E-state index is 12.1. The van der Waals surface area contributed by atoms with Crippen LogP contribution in [0, 0.1) is 3.57 Å². The highest BCUT2D eigenvalue weighted by atomic mass is 127. The second-order valence-electron chi connectivity index (χ2n) is 4.46. The average Bonchev–Trinajstić information content (AvgIpc) is 2.19. The Labute approximate surface area is 123 Å². The molecule has 1 amide bonds. The van der Waals surface area contributed by atoms with E-state index in [0.29, 0.717) is 6.04 Å². The fraction of sp³-hybridized carbons (Fsp3) is 0.417. The van der Waals surface area contributed by atoms with E-state index in [2.05, 4.69) is 43.4 Å². The summed E-state index contributed by atoms with van der Waals surface area (Å²) in [4.78, 5) is 16.2. The van der Waals surface area contributed by atoms with Crippen LogP contribution in [-0.2, 0) is 0 Å². The van der Waals surface area contributed by atoms with Crippen molar-refractivity contribution in [3.05, 3.63) is 31.8 Å². The molecule has 2 rings (SSSR count). The third-order valence-electron chi connectivity index (χ3n) is 3.05. The van der Waals surface area contributed by atoms with Crippen molar-refractivity contribution in [3.8, 4) is 0 Å². The van der Waals surface area contributed by atoms with Crippen molar-refractivity contribution >= 4 is 44.4 Å². The molecule has 3 nitrogen and oxygen atoms in total. The van der Waals surface area contributed by atoms with E-state index in [-0.39, 0.29) is 5.91 Å². The Balaban J connectivity index is 2.04. The Kier molecular flexibility index (Phi) is 4.10. The number of likely N-dealkylation sites (N-methyl/N-ethyl adjacent to an activating group) is 1. The zero-order valence-corrected chi connectivity index (χ0v) is 13.5. The van der Waals surface area contributed by atoms with E-state index < -0.39 is 0 Å². The van der Waals surface area contributed by atoms with Crippen LogP contribution >= 0.6 is 38.5 Å². The molecule has 1 aliphatic heterocycles. The molecule has 17 heavy (non-hydrogen) atoms. The highest BCUT2D eigenvalue weighted by molar-refractivity contribution is 14.1. The zero-order valence-electron chi connectivity index (χ0n) is 9.78. The third kappa shape index (κ3) is 2.82. The Morgan fingerprint density at radius 1 is 1.47 bits per heavy atom. The second-order valence-corrected chi connectivity index (χ2v) is 6.47. The molecule has 5 heteroatoms. The lowest BCUT2D eigenvalue weighted by Gasteiger charge is -2.42.